The van der Waals surface area contributed by atoms with Crippen LogP contribution in [0.2, 0.25) is 0 Å². The van der Waals surface area contributed by atoms with Crippen LogP contribution in [0.1, 0.15) is 69.4 Å². The number of fused-ring (bicyclic) bond motifs is 3. The standard InChI is InChI=1S/C50H71N7O19/c1-28-41(63)43(65)45(67)48(74-28)71-21-19-53-37(59)25-56(26-38(60)54-20-22-72-49-46(68)44(66)42(64)29(2)75-49)24-36(58)52-18-10-4-3-9-17-51-23-35(47(69)76-57-39(61)15-16-40(57)62)55-50(70)73-27-34-32-13-7-5-11-30(32)31-12-6-8-14-33(31)34/h5-8,11-14,28-29,34-35,41-46,48-49,51,63-68H,3-4,9-10,15-27H2,1-2H3,(H,52,58)(H,53,59)(H,54,60)(H,55,70)/t28-,29-,35-,41+,42+,43+,44+,45-,46-,48+,49+/m0/s1. The van der Waals surface area contributed by atoms with Gasteiger partial charge in [-0.05, 0) is 55.5 Å². The minimum absolute atomic E-state index is 0.0170. The highest BCUT2D eigenvalue weighted by atomic mass is 16.7. The Labute approximate surface area is 438 Å². The third-order valence-corrected chi connectivity index (χ3v) is 13.2. The molecule has 0 radical (unpaired) electrons. The van der Waals surface area contributed by atoms with Gasteiger partial charge in [0.25, 0.3) is 11.8 Å². The summed E-state index contributed by atoms with van der Waals surface area (Å²) in [6, 6.07) is 14.3. The van der Waals surface area contributed by atoms with Crippen molar-refractivity contribution < 1.29 is 92.7 Å². The summed E-state index contributed by atoms with van der Waals surface area (Å²) in [5.41, 5.74) is 4.07. The number of nitrogens with zero attached hydrogens (tertiary/aromatic N) is 2. The van der Waals surface area contributed by atoms with Gasteiger partial charge in [0.05, 0.1) is 45.1 Å². The molecule has 420 valence electrons. The maximum absolute atomic E-state index is 13.2. The highest BCUT2D eigenvalue weighted by molar-refractivity contribution is 6.02. The lowest BCUT2D eigenvalue weighted by Gasteiger charge is -2.38. The number of carbonyl (C=O) groups is 7. The molecule has 3 aliphatic heterocycles. The Hall–Kier alpha value is -5.75. The summed E-state index contributed by atoms with van der Waals surface area (Å²) >= 11 is 0. The number of carbonyl (C=O) groups excluding carboxylic acids is 7. The number of unbranched alkanes of at least 4 members (excludes halogenated alkanes) is 3. The predicted octanol–water partition coefficient (Wildman–Crippen LogP) is -3.01. The third-order valence-electron chi connectivity index (χ3n) is 13.2. The fourth-order valence-corrected chi connectivity index (χ4v) is 8.97. The average Bonchev–Trinajstić information content (AvgIpc) is 3.90. The summed E-state index contributed by atoms with van der Waals surface area (Å²) in [6.45, 7) is 1.89. The van der Waals surface area contributed by atoms with Crippen molar-refractivity contribution in [1.29, 1.82) is 0 Å². The highest BCUT2D eigenvalue weighted by Gasteiger charge is 2.44. The first kappa shape index (κ1) is 59.5. The molecule has 76 heavy (non-hydrogen) atoms. The summed E-state index contributed by atoms with van der Waals surface area (Å²) in [4.78, 5) is 96.3. The van der Waals surface area contributed by atoms with Crippen LogP contribution >= 0.6 is 0 Å². The first-order chi connectivity index (χ1) is 36.4. The van der Waals surface area contributed by atoms with Crippen molar-refractivity contribution in [2.75, 3.05) is 72.2 Å². The van der Waals surface area contributed by atoms with Crippen molar-refractivity contribution in [2.24, 2.45) is 0 Å². The van der Waals surface area contributed by atoms with Crippen molar-refractivity contribution in [3.05, 3.63) is 59.7 Å². The fourth-order valence-electron chi connectivity index (χ4n) is 8.97. The molecule has 11 N–H and O–H groups in total. The summed E-state index contributed by atoms with van der Waals surface area (Å²) in [5.74, 6) is -4.26. The molecule has 0 bridgehead atoms. The molecule has 1 aliphatic carbocycles. The van der Waals surface area contributed by atoms with E-state index in [2.05, 4.69) is 26.6 Å². The number of alkyl carbamates (subject to hydrolysis) is 1. The van der Waals surface area contributed by atoms with Gasteiger partial charge < -0.3 is 85.7 Å². The number of aliphatic hydroxyl groups is 6. The van der Waals surface area contributed by atoms with E-state index in [1.807, 2.05) is 48.5 Å². The van der Waals surface area contributed by atoms with E-state index < -0.39 is 122 Å². The molecule has 26 heteroatoms. The van der Waals surface area contributed by atoms with Crippen LogP contribution in [0, 0.1) is 0 Å². The smallest absolute Gasteiger partial charge is 0.407 e. The molecule has 4 aliphatic rings. The summed E-state index contributed by atoms with van der Waals surface area (Å²) in [5, 5.41) is 74.3. The zero-order chi connectivity index (χ0) is 54.9. The largest absolute Gasteiger partial charge is 0.449 e. The van der Waals surface area contributed by atoms with E-state index in [0.717, 1.165) is 22.3 Å². The van der Waals surface area contributed by atoms with E-state index in [1.54, 1.807) is 0 Å². The van der Waals surface area contributed by atoms with Gasteiger partial charge >= 0.3 is 12.1 Å². The summed E-state index contributed by atoms with van der Waals surface area (Å²) in [6.07, 6.45) is -11.5. The van der Waals surface area contributed by atoms with Crippen LogP contribution in [-0.4, -0.2) is 222 Å². The van der Waals surface area contributed by atoms with E-state index in [0.29, 0.717) is 37.3 Å². The van der Waals surface area contributed by atoms with Gasteiger partial charge in [0.15, 0.2) is 12.6 Å². The number of amides is 6. The normalized spacial score (nSPS) is 25.6. The van der Waals surface area contributed by atoms with E-state index in [-0.39, 0.29) is 71.3 Å². The Morgan fingerprint density at radius 1 is 0.632 bits per heavy atom. The zero-order valence-electron chi connectivity index (χ0n) is 42.5. The van der Waals surface area contributed by atoms with Crippen LogP contribution in [0.5, 0.6) is 0 Å². The van der Waals surface area contributed by atoms with Gasteiger partial charge in [-0.25, -0.2) is 9.59 Å². The molecular formula is C50H71N7O19. The molecule has 0 unspecified atom stereocenters. The van der Waals surface area contributed by atoms with Gasteiger partial charge in [-0.1, -0.05) is 61.4 Å². The second-order valence-corrected chi connectivity index (χ2v) is 18.9. The minimum Gasteiger partial charge on any atom is -0.449 e. The van der Waals surface area contributed by atoms with Gasteiger partial charge in [0.2, 0.25) is 17.7 Å². The van der Waals surface area contributed by atoms with Crippen LogP contribution in [0.4, 0.5) is 4.79 Å². The molecule has 2 aromatic carbocycles. The number of benzene rings is 2. The monoisotopic (exact) mass is 1070 g/mol. The number of nitrogens with one attached hydrogen (secondary N) is 5. The van der Waals surface area contributed by atoms with E-state index in [1.165, 1.54) is 18.7 Å². The average molecular weight is 1070 g/mol. The van der Waals surface area contributed by atoms with Crippen LogP contribution in [-0.2, 0) is 57.3 Å². The van der Waals surface area contributed by atoms with Gasteiger partial charge in [-0.3, -0.25) is 28.9 Å². The van der Waals surface area contributed by atoms with Gasteiger partial charge in [0, 0.05) is 44.9 Å². The fraction of sp³-hybridized carbons (Fsp3) is 0.620. The van der Waals surface area contributed by atoms with Gasteiger partial charge in [-0.15, -0.1) is 5.06 Å². The molecule has 3 fully saturated rings. The number of hydrogen-bond acceptors (Lipinski definition) is 21. The minimum atomic E-state index is -1.54. The predicted molar refractivity (Wildman–Crippen MR) is 263 cm³/mol. The molecule has 6 rings (SSSR count). The Balaban J connectivity index is 0.912. The second kappa shape index (κ2) is 29.1. The number of rotatable bonds is 28. The molecule has 0 aromatic heterocycles. The number of hydrogen-bond donors (Lipinski definition) is 11. The molecule has 11 atom stereocenters. The lowest BCUT2D eigenvalue weighted by molar-refractivity contribution is -0.292. The molecule has 26 nitrogen and oxygen atoms in total. The molecule has 0 spiro atoms. The molecule has 0 saturated carbocycles. The Morgan fingerprint density at radius 2 is 1.09 bits per heavy atom. The summed E-state index contributed by atoms with van der Waals surface area (Å²) in [7, 11) is 0. The van der Waals surface area contributed by atoms with Crippen LogP contribution in [0.3, 0.4) is 0 Å². The van der Waals surface area contributed by atoms with Gasteiger partial charge in [0.1, 0.15) is 49.3 Å². The maximum atomic E-state index is 13.2. The summed E-state index contributed by atoms with van der Waals surface area (Å²) < 4.78 is 27.3. The lowest BCUT2D eigenvalue weighted by atomic mass is 9.98. The number of ether oxygens (including phenoxy) is 5. The maximum Gasteiger partial charge on any atom is 0.407 e. The quantitative estimate of drug-likeness (QED) is 0.0299. The van der Waals surface area contributed by atoms with Crippen molar-refractivity contribution >= 4 is 41.6 Å². The van der Waals surface area contributed by atoms with Crippen molar-refractivity contribution in [3.63, 3.8) is 0 Å². The third kappa shape index (κ3) is 16.6. The number of imide groups is 1. The first-order valence-electron chi connectivity index (χ1n) is 25.5. The van der Waals surface area contributed by atoms with Crippen LogP contribution in [0.15, 0.2) is 48.5 Å². The molecular weight excluding hydrogens is 1000 g/mol. The molecule has 6 amide bonds. The van der Waals surface area contributed by atoms with Crippen molar-refractivity contribution in [3.8, 4) is 11.1 Å². The van der Waals surface area contributed by atoms with Crippen molar-refractivity contribution in [2.45, 2.75) is 126 Å². The molecule has 3 heterocycles. The Morgan fingerprint density at radius 3 is 1.59 bits per heavy atom. The molecule has 2 aromatic rings. The SMILES string of the molecule is C[C@@H]1O[C@@H](OCCNC(=O)CN(CC(=O)NCCCCCCNC[C@H](NC(=O)OCC2c3ccccc3-c3ccccc32)C(=O)ON2C(=O)CCC2=O)CC(=O)NCCO[C@@H]2O[C@@H](C)[C@@H](O)[C@@H](O)[C@@H]2O)[C@@H](O)[C@H](O)[C@@H]1O. The highest BCUT2D eigenvalue weighted by Crippen LogP contribution is 2.44. The van der Waals surface area contributed by atoms with Crippen molar-refractivity contribution in [1.82, 2.24) is 36.5 Å². The first-order valence-corrected chi connectivity index (χ1v) is 25.5. The van der Waals surface area contributed by atoms with E-state index in [9.17, 15) is 64.2 Å². The zero-order valence-corrected chi connectivity index (χ0v) is 42.5. The number of aliphatic hydroxyl groups excluding tert-OH is 6. The van der Waals surface area contributed by atoms with Crippen LogP contribution < -0.4 is 26.6 Å². The molecule has 3 saturated heterocycles. The lowest BCUT2D eigenvalue weighted by Crippen LogP contribution is -2.57. The van der Waals surface area contributed by atoms with Gasteiger partial charge in [-0.2, -0.15) is 0 Å². The topological polar surface area (TPSA) is 363 Å². The Kier molecular flexibility index (Phi) is 22.8. The van der Waals surface area contributed by atoms with E-state index in [4.69, 9.17) is 28.5 Å². The van der Waals surface area contributed by atoms with E-state index >= 15 is 0 Å². The second-order valence-electron chi connectivity index (χ2n) is 18.9. The number of hydroxylamine groups is 2. The Bertz CT molecular complexity index is 2180. The van der Waals surface area contributed by atoms with Crippen LogP contribution in [0.25, 0.3) is 11.1 Å².